The van der Waals surface area contributed by atoms with Crippen molar-refractivity contribution in [3.05, 3.63) is 41.1 Å². The Balaban J connectivity index is 1.76. The first-order valence-corrected chi connectivity index (χ1v) is 6.20. The smallest absolute Gasteiger partial charge is 0.322 e. The van der Waals surface area contributed by atoms with Gasteiger partial charge >= 0.3 is 6.01 Å². The number of hydrogen-bond acceptors (Lipinski definition) is 7. The van der Waals surface area contributed by atoms with Crippen molar-refractivity contribution in [2.45, 2.75) is 0 Å². The van der Waals surface area contributed by atoms with Crippen molar-refractivity contribution in [3.63, 3.8) is 0 Å². The van der Waals surface area contributed by atoms with Gasteiger partial charge in [-0.25, -0.2) is 4.98 Å². The van der Waals surface area contributed by atoms with Gasteiger partial charge in [0, 0.05) is 23.3 Å². The van der Waals surface area contributed by atoms with E-state index in [1.165, 1.54) is 29.9 Å². The number of amides is 1. The van der Waals surface area contributed by atoms with Gasteiger partial charge in [0.05, 0.1) is 6.20 Å². The summed E-state index contributed by atoms with van der Waals surface area (Å²) in [5.74, 6) is -0.0932. The summed E-state index contributed by atoms with van der Waals surface area (Å²) in [4.78, 5) is 19.4. The van der Waals surface area contributed by atoms with Gasteiger partial charge in [-0.05, 0) is 11.4 Å². The summed E-state index contributed by atoms with van der Waals surface area (Å²) >= 11 is 1.52. The average molecular weight is 273 g/mol. The molecule has 0 spiro atoms. The molecule has 0 aromatic carbocycles. The second-order valence-electron chi connectivity index (χ2n) is 3.47. The van der Waals surface area contributed by atoms with Crippen molar-refractivity contribution < 1.29 is 9.21 Å². The molecule has 3 rings (SSSR count). The number of rotatable bonds is 3. The van der Waals surface area contributed by atoms with E-state index in [1.807, 2.05) is 16.8 Å². The summed E-state index contributed by atoms with van der Waals surface area (Å²) in [6, 6.07) is 1.88. The molecule has 0 aliphatic rings. The molecule has 1 N–H and O–H groups in total. The molecule has 0 saturated carbocycles. The van der Waals surface area contributed by atoms with Gasteiger partial charge in [0.1, 0.15) is 5.69 Å². The molecule has 19 heavy (non-hydrogen) atoms. The van der Waals surface area contributed by atoms with Gasteiger partial charge in [0.25, 0.3) is 11.8 Å². The molecule has 0 aliphatic carbocycles. The SMILES string of the molecule is O=C(Nc1nnc(-c2ccsc2)o1)c1cnccn1. The van der Waals surface area contributed by atoms with E-state index in [4.69, 9.17) is 4.42 Å². The summed E-state index contributed by atoms with van der Waals surface area (Å²) in [5, 5.41) is 13.8. The predicted molar refractivity (Wildman–Crippen MR) is 67.6 cm³/mol. The Morgan fingerprint density at radius 2 is 2.26 bits per heavy atom. The van der Waals surface area contributed by atoms with E-state index in [0.29, 0.717) is 5.89 Å². The number of carbonyl (C=O) groups excluding carboxylic acids is 1. The van der Waals surface area contributed by atoms with Crippen LogP contribution in [-0.2, 0) is 0 Å². The highest BCUT2D eigenvalue weighted by molar-refractivity contribution is 7.08. The summed E-state index contributed by atoms with van der Waals surface area (Å²) in [6.45, 7) is 0. The van der Waals surface area contributed by atoms with Crippen LogP contribution < -0.4 is 5.32 Å². The largest absolute Gasteiger partial charge is 0.403 e. The molecule has 0 radical (unpaired) electrons. The van der Waals surface area contributed by atoms with E-state index in [2.05, 4.69) is 25.5 Å². The molecule has 3 heterocycles. The molecule has 3 aromatic rings. The minimum absolute atomic E-state index is 0.0249. The van der Waals surface area contributed by atoms with E-state index in [1.54, 1.807) is 0 Å². The number of carbonyl (C=O) groups is 1. The van der Waals surface area contributed by atoms with Gasteiger partial charge < -0.3 is 4.42 Å². The molecule has 8 heteroatoms. The van der Waals surface area contributed by atoms with E-state index in [9.17, 15) is 4.79 Å². The molecule has 7 nitrogen and oxygen atoms in total. The number of anilines is 1. The molecule has 0 unspecified atom stereocenters. The number of nitrogens with zero attached hydrogens (tertiary/aromatic N) is 4. The fourth-order valence-electron chi connectivity index (χ4n) is 1.35. The van der Waals surface area contributed by atoms with Crippen LogP contribution in [0.15, 0.2) is 39.8 Å². The average Bonchev–Trinajstić information content (AvgIpc) is 3.10. The predicted octanol–water partition coefficient (Wildman–Crippen LogP) is 1.84. The van der Waals surface area contributed by atoms with Crippen LogP contribution in [0.1, 0.15) is 10.5 Å². The minimum Gasteiger partial charge on any atom is -0.403 e. The third kappa shape index (κ3) is 2.47. The molecule has 3 aromatic heterocycles. The zero-order chi connectivity index (χ0) is 13.1. The molecule has 0 bridgehead atoms. The summed E-state index contributed by atoms with van der Waals surface area (Å²) in [5.41, 5.74) is 0.996. The van der Waals surface area contributed by atoms with Gasteiger partial charge in [-0.2, -0.15) is 11.3 Å². The standard InChI is InChI=1S/C11H7N5O2S/c17-9(8-5-12-2-3-13-8)14-11-16-15-10(18-11)7-1-4-19-6-7/h1-6H,(H,14,16,17). The summed E-state index contributed by atoms with van der Waals surface area (Å²) in [7, 11) is 0. The highest BCUT2D eigenvalue weighted by Gasteiger charge is 2.13. The Morgan fingerprint density at radius 3 is 3.00 bits per heavy atom. The zero-order valence-corrected chi connectivity index (χ0v) is 10.3. The van der Waals surface area contributed by atoms with Crippen molar-refractivity contribution in [3.8, 4) is 11.5 Å². The van der Waals surface area contributed by atoms with E-state index in [0.717, 1.165) is 5.56 Å². The van der Waals surface area contributed by atoms with Crippen molar-refractivity contribution in [1.82, 2.24) is 20.2 Å². The van der Waals surface area contributed by atoms with Crippen molar-refractivity contribution in [2.24, 2.45) is 0 Å². The normalized spacial score (nSPS) is 10.3. The third-order valence-corrected chi connectivity index (χ3v) is 2.89. The number of hydrogen-bond donors (Lipinski definition) is 1. The third-order valence-electron chi connectivity index (χ3n) is 2.21. The van der Waals surface area contributed by atoms with Crippen molar-refractivity contribution in [1.29, 1.82) is 0 Å². The molecule has 0 fully saturated rings. The van der Waals surface area contributed by atoms with Gasteiger partial charge in [-0.3, -0.25) is 15.1 Å². The highest BCUT2D eigenvalue weighted by atomic mass is 32.1. The number of nitrogens with one attached hydrogen (secondary N) is 1. The molecule has 0 aliphatic heterocycles. The lowest BCUT2D eigenvalue weighted by Crippen LogP contribution is -2.13. The van der Waals surface area contributed by atoms with E-state index < -0.39 is 5.91 Å². The molecule has 0 atom stereocenters. The van der Waals surface area contributed by atoms with Crippen LogP contribution in [0, 0.1) is 0 Å². The quantitative estimate of drug-likeness (QED) is 0.782. The number of aromatic nitrogens is 4. The Labute approximate surface area is 111 Å². The molecular formula is C11H7N5O2S. The highest BCUT2D eigenvalue weighted by Crippen LogP contribution is 2.22. The lowest BCUT2D eigenvalue weighted by molar-refractivity contribution is 0.101. The minimum atomic E-state index is -0.450. The first kappa shape index (κ1) is 11.5. The van der Waals surface area contributed by atoms with Gasteiger partial charge in [0.2, 0.25) is 0 Å². The maximum atomic E-state index is 11.8. The molecular weight excluding hydrogens is 266 g/mol. The van der Waals surface area contributed by atoms with E-state index >= 15 is 0 Å². The Kier molecular flexibility index (Phi) is 2.99. The first-order valence-electron chi connectivity index (χ1n) is 5.26. The first-order chi connectivity index (χ1) is 9.33. The van der Waals surface area contributed by atoms with Crippen molar-refractivity contribution >= 4 is 23.3 Å². The summed E-state index contributed by atoms with van der Waals surface area (Å²) < 4.78 is 5.32. The number of thiophene rings is 1. The van der Waals surface area contributed by atoms with E-state index in [-0.39, 0.29) is 11.7 Å². The van der Waals surface area contributed by atoms with Gasteiger partial charge in [-0.1, -0.05) is 5.10 Å². The fourth-order valence-corrected chi connectivity index (χ4v) is 1.98. The topological polar surface area (TPSA) is 93.8 Å². The second kappa shape index (κ2) is 4.94. The van der Waals surface area contributed by atoms with Gasteiger partial charge in [0.15, 0.2) is 0 Å². The van der Waals surface area contributed by atoms with Crippen LogP contribution in [0.5, 0.6) is 0 Å². The Hall–Kier alpha value is -2.61. The monoisotopic (exact) mass is 273 g/mol. The van der Waals surface area contributed by atoms with Crippen LogP contribution in [-0.4, -0.2) is 26.1 Å². The molecule has 94 valence electrons. The Morgan fingerprint density at radius 1 is 1.32 bits per heavy atom. The van der Waals surface area contributed by atoms with Crippen LogP contribution >= 0.6 is 11.3 Å². The van der Waals surface area contributed by atoms with Crippen LogP contribution in [0.3, 0.4) is 0 Å². The lowest BCUT2D eigenvalue weighted by Gasteiger charge is -1.97. The molecule has 1 amide bonds. The second-order valence-corrected chi connectivity index (χ2v) is 4.25. The fraction of sp³-hybridized carbons (Fsp3) is 0. The van der Waals surface area contributed by atoms with Crippen LogP contribution in [0.4, 0.5) is 6.01 Å². The van der Waals surface area contributed by atoms with Crippen molar-refractivity contribution in [2.75, 3.05) is 5.32 Å². The zero-order valence-electron chi connectivity index (χ0n) is 9.48. The maximum Gasteiger partial charge on any atom is 0.322 e. The Bertz CT molecular complexity index is 680. The maximum absolute atomic E-state index is 11.8. The lowest BCUT2D eigenvalue weighted by atomic mass is 10.3. The van der Waals surface area contributed by atoms with Crippen LogP contribution in [0.25, 0.3) is 11.5 Å². The summed E-state index contributed by atoms with van der Waals surface area (Å²) in [6.07, 6.45) is 4.27. The van der Waals surface area contributed by atoms with Gasteiger partial charge in [-0.15, -0.1) is 5.10 Å². The molecule has 0 saturated heterocycles. The van der Waals surface area contributed by atoms with Crippen LogP contribution in [0.2, 0.25) is 0 Å².